The Hall–Kier alpha value is -2.09. The van der Waals surface area contributed by atoms with Crippen LogP contribution in [-0.4, -0.2) is 12.5 Å². The van der Waals surface area contributed by atoms with E-state index in [9.17, 15) is 4.79 Å². The van der Waals surface area contributed by atoms with Crippen LogP contribution in [0.4, 0.5) is 0 Å². The molecule has 0 aromatic heterocycles. The SMILES string of the molecule is CC12CC3CC(C)(C1)CC(CNC(=O)C(c1ccccc1)c1ccccc1)(C3)C2. The molecular formula is C27H33NO. The number of hydrogen-bond donors (Lipinski definition) is 1. The normalized spacial score (nSPS) is 35.1. The van der Waals surface area contributed by atoms with Crippen LogP contribution in [0.2, 0.25) is 0 Å². The lowest BCUT2D eigenvalue weighted by Gasteiger charge is -2.65. The van der Waals surface area contributed by atoms with Gasteiger partial charge < -0.3 is 5.32 Å². The Bertz CT molecular complexity index is 832. The second-order valence-electron chi connectivity index (χ2n) is 11.1. The molecule has 2 aromatic carbocycles. The first-order valence-electron chi connectivity index (χ1n) is 11.3. The second kappa shape index (κ2) is 6.72. The van der Waals surface area contributed by atoms with Gasteiger partial charge in [-0.15, -0.1) is 0 Å². The molecule has 2 atom stereocenters. The highest BCUT2D eigenvalue weighted by atomic mass is 16.1. The number of nitrogens with one attached hydrogen (secondary N) is 1. The lowest BCUT2D eigenvalue weighted by atomic mass is 9.40. The van der Waals surface area contributed by atoms with Crippen LogP contribution in [0.15, 0.2) is 60.7 Å². The fourth-order valence-corrected chi connectivity index (χ4v) is 8.04. The molecular weight excluding hydrogens is 354 g/mol. The van der Waals surface area contributed by atoms with Crippen molar-refractivity contribution in [3.8, 4) is 0 Å². The maximum atomic E-state index is 13.5. The van der Waals surface area contributed by atoms with E-state index >= 15 is 0 Å². The van der Waals surface area contributed by atoms with E-state index in [-0.39, 0.29) is 11.8 Å². The van der Waals surface area contributed by atoms with Gasteiger partial charge in [0.15, 0.2) is 0 Å². The summed E-state index contributed by atoms with van der Waals surface area (Å²) >= 11 is 0. The first-order valence-corrected chi connectivity index (χ1v) is 11.3. The monoisotopic (exact) mass is 387 g/mol. The zero-order valence-electron chi connectivity index (χ0n) is 17.8. The summed E-state index contributed by atoms with van der Waals surface area (Å²) in [5.74, 6) is 0.767. The van der Waals surface area contributed by atoms with E-state index in [0.717, 1.165) is 23.6 Å². The Morgan fingerprint density at radius 2 is 1.38 bits per heavy atom. The van der Waals surface area contributed by atoms with E-state index in [2.05, 4.69) is 43.4 Å². The van der Waals surface area contributed by atoms with E-state index in [1.807, 2.05) is 36.4 Å². The van der Waals surface area contributed by atoms with E-state index in [1.165, 1.54) is 38.5 Å². The van der Waals surface area contributed by atoms with E-state index in [4.69, 9.17) is 0 Å². The van der Waals surface area contributed by atoms with E-state index in [1.54, 1.807) is 0 Å². The molecule has 2 aromatic rings. The number of hydrogen-bond acceptors (Lipinski definition) is 1. The number of benzene rings is 2. The number of carbonyl (C=O) groups is 1. The molecule has 2 heteroatoms. The summed E-state index contributed by atoms with van der Waals surface area (Å²) in [6.07, 6.45) is 8.05. The van der Waals surface area contributed by atoms with Gasteiger partial charge in [-0.2, -0.15) is 0 Å². The van der Waals surface area contributed by atoms with Crippen molar-refractivity contribution >= 4 is 5.91 Å². The summed E-state index contributed by atoms with van der Waals surface area (Å²) in [6, 6.07) is 20.4. The van der Waals surface area contributed by atoms with Crippen LogP contribution in [-0.2, 0) is 4.79 Å². The van der Waals surface area contributed by atoms with Gasteiger partial charge in [0, 0.05) is 6.54 Å². The van der Waals surface area contributed by atoms with Crippen molar-refractivity contribution < 1.29 is 4.79 Å². The Kier molecular flexibility index (Phi) is 4.38. The van der Waals surface area contributed by atoms with Gasteiger partial charge >= 0.3 is 0 Å². The third-order valence-electron chi connectivity index (χ3n) is 7.91. The molecule has 4 bridgehead atoms. The van der Waals surface area contributed by atoms with Crippen molar-refractivity contribution in [1.82, 2.24) is 5.32 Å². The zero-order chi connectivity index (χ0) is 20.1. The summed E-state index contributed by atoms with van der Waals surface area (Å²) in [5, 5.41) is 3.43. The predicted molar refractivity (Wildman–Crippen MR) is 118 cm³/mol. The highest BCUT2D eigenvalue weighted by Crippen LogP contribution is 2.69. The van der Waals surface area contributed by atoms with Crippen LogP contribution in [0.25, 0.3) is 0 Å². The van der Waals surface area contributed by atoms with E-state index < -0.39 is 0 Å². The van der Waals surface area contributed by atoms with Gasteiger partial charge in [-0.05, 0) is 71.8 Å². The Morgan fingerprint density at radius 3 is 1.86 bits per heavy atom. The molecule has 0 saturated heterocycles. The summed E-state index contributed by atoms with van der Waals surface area (Å²) in [6.45, 7) is 5.84. The molecule has 4 fully saturated rings. The molecule has 0 radical (unpaired) electrons. The third kappa shape index (κ3) is 3.52. The summed E-state index contributed by atoms with van der Waals surface area (Å²) in [4.78, 5) is 13.5. The fraction of sp³-hybridized carbons (Fsp3) is 0.519. The number of carbonyl (C=O) groups excluding carboxylic acids is 1. The molecule has 1 N–H and O–H groups in total. The van der Waals surface area contributed by atoms with Crippen LogP contribution in [0, 0.1) is 22.2 Å². The van der Waals surface area contributed by atoms with Crippen LogP contribution < -0.4 is 5.32 Å². The highest BCUT2D eigenvalue weighted by Gasteiger charge is 2.59. The average Bonchev–Trinajstić information content (AvgIpc) is 2.66. The number of amides is 1. The zero-order valence-corrected chi connectivity index (χ0v) is 17.8. The molecule has 4 aliphatic rings. The maximum absolute atomic E-state index is 13.5. The first-order chi connectivity index (χ1) is 13.9. The minimum atomic E-state index is -0.238. The maximum Gasteiger partial charge on any atom is 0.232 e. The first kappa shape index (κ1) is 18.9. The predicted octanol–water partition coefficient (Wildman–Crippen LogP) is 5.93. The van der Waals surface area contributed by atoms with Gasteiger partial charge in [0.05, 0.1) is 5.92 Å². The molecule has 0 heterocycles. The molecule has 2 unspecified atom stereocenters. The van der Waals surface area contributed by atoms with E-state index in [0.29, 0.717) is 16.2 Å². The average molecular weight is 388 g/mol. The largest absolute Gasteiger partial charge is 0.355 e. The molecule has 0 spiro atoms. The topological polar surface area (TPSA) is 29.1 Å². The van der Waals surface area contributed by atoms with Gasteiger partial charge in [0.25, 0.3) is 0 Å². The van der Waals surface area contributed by atoms with Crippen molar-refractivity contribution in [1.29, 1.82) is 0 Å². The van der Waals surface area contributed by atoms with Crippen molar-refractivity contribution in [3.05, 3.63) is 71.8 Å². The molecule has 0 aliphatic heterocycles. The molecule has 4 saturated carbocycles. The molecule has 2 nitrogen and oxygen atoms in total. The lowest BCUT2D eigenvalue weighted by Crippen LogP contribution is -2.58. The summed E-state index contributed by atoms with van der Waals surface area (Å²) in [7, 11) is 0. The standard InChI is InChI=1S/C27H33NO/c1-25-13-20-14-26(2,16-25)18-27(15-20,17-25)19-28-24(29)23(21-9-5-3-6-10-21)22-11-7-4-8-12-22/h3-12,20,23H,13-19H2,1-2H3,(H,28,29). The van der Waals surface area contributed by atoms with Crippen molar-refractivity contribution in [2.45, 2.75) is 58.3 Å². The van der Waals surface area contributed by atoms with Crippen molar-refractivity contribution in [2.75, 3.05) is 6.54 Å². The Labute approximate surface area is 175 Å². The van der Waals surface area contributed by atoms with Gasteiger partial charge in [-0.1, -0.05) is 74.5 Å². The second-order valence-corrected chi connectivity index (χ2v) is 11.1. The fourth-order valence-electron chi connectivity index (χ4n) is 8.04. The van der Waals surface area contributed by atoms with Crippen LogP contribution in [0.5, 0.6) is 0 Å². The van der Waals surface area contributed by atoms with Gasteiger partial charge in [0.1, 0.15) is 0 Å². The molecule has 6 rings (SSSR count). The van der Waals surface area contributed by atoms with Crippen LogP contribution in [0.1, 0.15) is 69.4 Å². The Morgan fingerprint density at radius 1 is 0.862 bits per heavy atom. The summed E-state index contributed by atoms with van der Waals surface area (Å²) < 4.78 is 0. The van der Waals surface area contributed by atoms with Gasteiger partial charge in [-0.3, -0.25) is 4.79 Å². The van der Waals surface area contributed by atoms with Gasteiger partial charge in [-0.25, -0.2) is 0 Å². The van der Waals surface area contributed by atoms with Crippen molar-refractivity contribution in [3.63, 3.8) is 0 Å². The minimum Gasteiger partial charge on any atom is -0.355 e. The molecule has 152 valence electrons. The summed E-state index contributed by atoms with van der Waals surface area (Å²) in [5.41, 5.74) is 3.41. The lowest BCUT2D eigenvalue weighted by molar-refractivity contribution is -0.146. The molecule has 1 amide bonds. The highest BCUT2D eigenvalue weighted by molar-refractivity contribution is 5.87. The molecule has 4 aliphatic carbocycles. The molecule has 29 heavy (non-hydrogen) atoms. The van der Waals surface area contributed by atoms with Crippen LogP contribution in [0.3, 0.4) is 0 Å². The third-order valence-corrected chi connectivity index (χ3v) is 7.91. The van der Waals surface area contributed by atoms with Gasteiger partial charge in [0.2, 0.25) is 5.91 Å². The Balaban J connectivity index is 1.38. The number of rotatable bonds is 5. The van der Waals surface area contributed by atoms with Crippen LogP contribution >= 0.6 is 0 Å². The smallest absolute Gasteiger partial charge is 0.232 e. The van der Waals surface area contributed by atoms with Crippen molar-refractivity contribution in [2.24, 2.45) is 22.2 Å². The minimum absolute atomic E-state index is 0.147. The quantitative estimate of drug-likeness (QED) is 0.677.